The Balaban J connectivity index is 1.77. The number of hydrogen-bond acceptors (Lipinski definition) is 2. The highest BCUT2D eigenvalue weighted by atomic mass is 19.3. The number of halogens is 4. The van der Waals surface area contributed by atoms with E-state index in [4.69, 9.17) is 0 Å². The molecule has 1 aliphatic carbocycles. The lowest BCUT2D eigenvalue weighted by molar-refractivity contribution is 0.0712. The molecular weight excluding hydrogens is 434 g/mol. The zero-order chi connectivity index (χ0) is 23.9. The fraction of sp³-hybridized carbons (Fsp3) is 0.360. The highest BCUT2D eigenvalue weighted by Crippen LogP contribution is 2.36. The number of aryl methyl sites for hydroxylation is 1. The number of carbonyl (C=O) groups excluding carboxylic acids is 1. The van der Waals surface area contributed by atoms with Gasteiger partial charge in [-0.1, -0.05) is 44.2 Å². The summed E-state index contributed by atoms with van der Waals surface area (Å²) in [5.41, 5.74) is 1.65. The van der Waals surface area contributed by atoms with E-state index in [1.165, 1.54) is 24.1 Å². The van der Waals surface area contributed by atoms with Crippen molar-refractivity contribution in [2.45, 2.75) is 51.6 Å². The van der Waals surface area contributed by atoms with E-state index in [1.54, 1.807) is 6.07 Å². The van der Waals surface area contributed by atoms with Crippen molar-refractivity contribution in [1.82, 2.24) is 14.7 Å². The van der Waals surface area contributed by atoms with Crippen LogP contribution in [0, 0.1) is 11.8 Å². The number of nitrogens with zero attached hydrogens (tertiary/aromatic N) is 3. The molecule has 1 fully saturated rings. The predicted molar refractivity (Wildman–Crippen MR) is 117 cm³/mol. The van der Waals surface area contributed by atoms with Crippen LogP contribution in [0.3, 0.4) is 0 Å². The van der Waals surface area contributed by atoms with Crippen molar-refractivity contribution in [2.75, 3.05) is 0 Å². The highest BCUT2D eigenvalue weighted by Gasteiger charge is 2.38. The molecule has 1 heterocycles. The van der Waals surface area contributed by atoms with Crippen molar-refractivity contribution < 1.29 is 22.4 Å². The molecule has 1 aliphatic rings. The molecule has 1 aromatic heterocycles. The maximum Gasteiger partial charge on any atom is 0.283 e. The second-order valence-electron chi connectivity index (χ2n) is 8.68. The molecular formula is C25H25F4N3O. The van der Waals surface area contributed by atoms with Crippen molar-refractivity contribution in [3.05, 3.63) is 76.6 Å². The topological polar surface area (TPSA) is 38.1 Å². The monoisotopic (exact) mass is 459 g/mol. The molecule has 8 heteroatoms. The van der Waals surface area contributed by atoms with Crippen LogP contribution in [-0.4, -0.2) is 26.6 Å². The smallest absolute Gasteiger partial charge is 0.283 e. The molecule has 0 N–H and O–H groups in total. The van der Waals surface area contributed by atoms with Gasteiger partial charge in [-0.05, 0) is 53.1 Å². The number of benzene rings is 2. The fourth-order valence-corrected chi connectivity index (χ4v) is 4.16. The Bertz CT molecular complexity index is 1180. The molecule has 2 aromatic carbocycles. The van der Waals surface area contributed by atoms with Crippen LogP contribution in [-0.2, 0) is 13.6 Å². The first kappa shape index (κ1) is 23.0. The highest BCUT2D eigenvalue weighted by molar-refractivity contribution is 5.96. The van der Waals surface area contributed by atoms with Crippen LogP contribution in [0.4, 0.5) is 17.6 Å². The first-order valence-electron chi connectivity index (χ1n) is 10.9. The minimum absolute atomic E-state index is 0.0277. The normalized spacial score (nSPS) is 13.7. The van der Waals surface area contributed by atoms with Gasteiger partial charge in [0.2, 0.25) is 5.95 Å². The summed E-state index contributed by atoms with van der Waals surface area (Å²) in [4.78, 5) is 14.7. The molecule has 0 saturated heterocycles. The second-order valence-corrected chi connectivity index (χ2v) is 8.68. The molecule has 1 amide bonds. The Kier molecular flexibility index (Phi) is 6.28. The van der Waals surface area contributed by atoms with E-state index in [-0.39, 0.29) is 18.5 Å². The van der Waals surface area contributed by atoms with Gasteiger partial charge in [0.15, 0.2) is 0 Å². The molecule has 0 aliphatic heterocycles. The van der Waals surface area contributed by atoms with Gasteiger partial charge in [-0.3, -0.25) is 4.79 Å². The number of amides is 1. The summed E-state index contributed by atoms with van der Waals surface area (Å²) in [5, 5.41) is 3.49. The van der Waals surface area contributed by atoms with Crippen LogP contribution in [0.25, 0.3) is 11.1 Å². The Labute approximate surface area is 189 Å². The predicted octanol–water partition coefficient (Wildman–Crippen LogP) is 6.23. The molecule has 4 nitrogen and oxygen atoms in total. The summed E-state index contributed by atoms with van der Waals surface area (Å²) in [7, 11) is 1.17. The van der Waals surface area contributed by atoms with E-state index in [0.717, 1.165) is 16.7 Å². The van der Waals surface area contributed by atoms with Gasteiger partial charge in [0.25, 0.3) is 12.3 Å². The average molecular weight is 459 g/mol. The van der Waals surface area contributed by atoms with Crippen LogP contribution in [0.5, 0.6) is 0 Å². The third-order valence-corrected chi connectivity index (χ3v) is 5.95. The van der Waals surface area contributed by atoms with Crippen LogP contribution >= 0.6 is 0 Å². The lowest BCUT2D eigenvalue weighted by atomic mass is 9.90. The Morgan fingerprint density at radius 3 is 2.45 bits per heavy atom. The van der Waals surface area contributed by atoms with E-state index >= 15 is 0 Å². The van der Waals surface area contributed by atoms with E-state index in [1.807, 2.05) is 24.3 Å². The molecule has 33 heavy (non-hydrogen) atoms. The SMILES string of the molecule is CC(C)c1ccccc1-c1ccc(F)cc1CN(C(=O)c1c(C(F)F)nn(C)c1F)C1CC1. The van der Waals surface area contributed by atoms with Gasteiger partial charge < -0.3 is 4.90 Å². The van der Waals surface area contributed by atoms with Crippen molar-refractivity contribution in [3.63, 3.8) is 0 Å². The molecule has 174 valence electrons. The summed E-state index contributed by atoms with van der Waals surface area (Å²) in [6.45, 7) is 4.08. The van der Waals surface area contributed by atoms with Gasteiger partial charge in [-0.15, -0.1) is 0 Å². The van der Waals surface area contributed by atoms with Gasteiger partial charge in [-0.2, -0.15) is 9.49 Å². The first-order valence-corrected chi connectivity index (χ1v) is 10.9. The van der Waals surface area contributed by atoms with E-state index < -0.39 is 35.4 Å². The van der Waals surface area contributed by atoms with E-state index in [9.17, 15) is 22.4 Å². The zero-order valence-electron chi connectivity index (χ0n) is 18.7. The summed E-state index contributed by atoms with van der Waals surface area (Å²) < 4.78 is 56.5. The van der Waals surface area contributed by atoms with Gasteiger partial charge in [0, 0.05) is 19.6 Å². The summed E-state index contributed by atoms with van der Waals surface area (Å²) in [6.07, 6.45) is -1.75. The number of rotatable bonds is 7. The average Bonchev–Trinajstić information content (AvgIpc) is 3.57. The molecule has 0 atom stereocenters. The van der Waals surface area contributed by atoms with Gasteiger partial charge >= 0.3 is 0 Å². The minimum atomic E-state index is -3.09. The number of alkyl halides is 2. The molecule has 3 aromatic rings. The van der Waals surface area contributed by atoms with Gasteiger partial charge in [0.1, 0.15) is 17.1 Å². The van der Waals surface area contributed by atoms with Crippen molar-refractivity contribution in [2.24, 2.45) is 7.05 Å². The first-order chi connectivity index (χ1) is 15.7. The molecule has 0 bridgehead atoms. The zero-order valence-corrected chi connectivity index (χ0v) is 18.7. The quantitative estimate of drug-likeness (QED) is 0.393. The third kappa shape index (κ3) is 4.51. The molecule has 0 radical (unpaired) electrons. The molecule has 0 spiro atoms. The molecule has 1 saturated carbocycles. The number of hydrogen-bond donors (Lipinski definition) is 0. The van der Waals surface area contributed by atoms with Gasteiger partial charge in [0.05, 0.1) is 0 Å². The van der Waals surface area contributed by atoms with Gasteiger partial charge in [-0.25, -0.2) is 17.9 Å². The summed E-state index contributed by atoms with van der Waals surface area (Å²) in [6, 6.07) is 11.9. The largest absolute Gasteiger partial charge is 0.331 e. The van der Waals surface area contributed by atoms with E-state index in [2.05, 4.69) is 18.9 Å². The lowest BCUT2D eigenvalue weighted by Crippen LogP contribution is -2.34. The minimum Gasteiger partial charge on any atom is -0.331 e. The fourth-order valence-electron chi connectivity index (χ4n) is 4.16. The number of aromatic nitrogens is 2. The maximum atomic E-state index is 14.6. The molecule has 0 unspecified atom stereocenters. The third-order valence-electron chi connectivity index (χ3n) is 5.95. The Morgan fingerprint density at radius 1 is 1.12 bits per heavy atom. The van der Waals surface area contributed by atoms with Crippen LogP contribution < -0.4 is 0 Å². The summed E-state index contributed by atoms with van der Waals surface area (Å²) >= 11 is 0. The van der Waals surface area contributed by atoms with Crippen LogP contribution in [0.2, 0.25) is 0 Å². The Hall–Kier alpha value is -3.16. The van der Waals surface area contributed by atoms with E-state index in [0.29, 0.717) is 23.1 Å². The number of carbonyl (C=O) groups is 1. The van der Waals surface area contributed by atoms with Crippen LogP contribution in [0.1, 0.15) is 66.2 Å². The molecule has 4 rings (SSSR count). The maximum absolute atomic E-state index is 14.6. The standard InChI is InChI=1S/C25H25F4N3O/c1-14(2)18-6-4-5-7-20(18)19-11-8-16(26)12-15(19)13-32(17-9-10-17)25(33)21-22(23(27)28)30-31(3)24(21)29/h4-8,11-12,14,17,23H,9-10,13H2,1-3H3. The second kappa shape index (κ2) is 9.00. The van der Waals surface area contributed by atoms with Crippen molar-refractivity contribution in [1.29, 1.82) is 0 Å². The van der Waals surface area contributed by atoms with Crippen molar-refractivity contribution in [3.8, 4) is 11.1 Å². The summed E-state index contributed by atoms with van der Waals surface area (Å²) in [5.74, 6) is -2.23. The Morgan fingerprint density at radius 2 is 1.82 bits per heavy atom. The van der Waals surface area contributed by atoms with Crippen molar-refractivity contribution >= 4 is 5.91 Å². The van der Waals surface area contributed by atoms with Crippen LogP contribution in [0.15, 0.2) is 42.5 Å². The lowest BCUT2D eigenvalue weighted by Gasteiger charge is -2.25.